The van der Waals surface area contributed by atoms with Gasteiger partial charge >= 0.3 is 0 Å². The molecule has 0 aliphatic heterocycles. The molecular weight excluding hydrogens is 1020 g/mol. The maximum atomic E-state index is 5.54. The summed E-state index contributed by atoms with van der Waals surface area (Å²) in [6.45, 7) is 5.06. The number of para-hydroxylation sites is 1. The largest absolute Gasteiger partial charge is 0.371 e. The van der Waals surface area contributed by atoms with E-state index in [0.717, 1.165) is 75.2 Å². The van der Waals surface area contributed by atoms with Gasteiger partial charge in [-0.05, 0) is 80.2 Å². The van der Waals surface area contributed by atoms with Gasteiger partial charge in [-0.1, -0.05) is 189 Å². The van der Waals surface area contributed by atoms with Crippen molar-refractivity contribution in [2.24, 2.45) is 20.2 Å². The van der Waals surface area contributed by atoms with Gasteiger partial charge in [-0.3, -0.25) is 20.8 Å². The normalized spacial score (nSPS) is 11.4. The van der Waals surface area contributed by atoms with E-state index >= 15 is 0 Å². The number of likely N-dealkylation sites (N-methyl/N-ethyl adjacent to an activating group) is 1. The smallest absolute Gasteiger partial charge is 0.191 e. The van der Waals surface area contributed by atoms with Crippen molar-refractivity contribution < 1.29 is 0 Å². The fourth-order valence-corrected chi connectivity index (χ4v) is 11.2. The monoisotopic (exact) mass is 1070 g/mol. The second-order valence-electron chi connectivity index (χ2n) is 15.5. The van der Waals surface area contributed by atoms with Crippen molar-refractivity contribution in [2.75, 3.05) is 46.6 Å². The topological polar surface area (TPSA) is 92.0 Å². The van der Waals surface area contributed by atoms with Crippen LogP contribution in [0, 0.1) is 0 Å². The van der Waals surface area contributed by atoms with Crippen LogP contribution in [0.4, 0.5) is 5.69 Å². The van der Waals surface area contributed by atoms with Crippen LogP contribution in [0.2, 0.25) is 0 Å². The van der Waals surface area contributed by atoms with Crippen LogP contribution in [0.5, 0.6) is 0 Å². The molecule has 6 aromatic rings. The third-order valence-electron chi connectivity index (χ3n) is 9.65. The first-order valence-corrected chi connectivity index (χ1v) is 27.8. The second kappa shape index (κ2) is 30.5. The van der Waals surface area contributed by atoms with E-state index in [1.165, 1.54) is 5.56 Å². The molecule has 0 saturated carbocycles. The highest BCUT2D eigenvalue weighted by Gasteiger charge is 2.12. The lowest BCUT2D eigenvalue weighted by Gasteiger charge is -2.14. The van der Waals surface area contributed by atoms with Crippen molar-refractivity contribution in [3.8, 4) is 0 Å². The number of rotatable bonds is 19. The zero-order chi connectivity index (χ0) is 50.1. The average Bonchev–Trinajstić information content (AvgIpc) is 3.37. The Kier molecular flexibility index (Phi) is 24.3. The molecule has 6 rings (SSSR count). The number of hydrogen-bond donors (Lipinski definition) is 3. The van der Waals surface area contributed by atoms with Crippen LogP contribution in [0.25, 0.3) is 0 Å². The number of hydrazone groups is 2. The highest BCUT2D eigenvalue weighted by molar-refractivity contribution is 8.77. The van der Waals surface area contributed by atoms with Crippen molar-refractivity contribution in [2.45, 2.75) is 39.9 Å². The number of benzene rings is 6. The maximum Gasteiger partial charge on any atom is 0.191 e. The van der Waals surface area contributed by atoms with E-state index in [1.54, 1.807) is 49.4 Å². The minimum absolute atomic E-state index is 0.434. The van der Waals surface area contributed by atoms with Gasteiger partial charge in [0.05, 0.1) is 30.0 Å². The summed E-state index contributed by atoms with van der Waals surface area (Å²) in [5.74, 6) is 0. The van der Waals surface area contributed by atoms with E-state index in [0.29, 0.717) is 23.3 Å². The Morgan fingerprint density at radius 1 is 0.529 bits per heavy atom. The minimum atomic E-state index is 0.434. The van der Waals surface area contributed by atoms with Gasteiger partial charge in [0.25, 0.3) is 0 Å². The van der Waals surface area contributed by atoms with Crippen LogP contribution < -0.4 is 16.2 Å². The highest BCUT2D eigenvalue weighted by Crippen LogP contribution is 2.41. The van der Waals surface area contributed by atoms with E-state index in [-0.39, 0.29) is 0 Å². The first-order chi connectivity index (χ1) is 33.9. The molecule has 0 bridgehead atoms. The Balaban J connectivity index is 0.000000265. The lowest BCUT2D eigenvalue weighted by Crippen LogP contribution is -2.31. The molecule has 6 aromatic carbocycles. The van der Waals surface area contributed by atoms with Crippen molar-refractivity contribution in [3.05, 3.63) is 186 Å². The van der Waals surface area contributed by atoms with Gasteiger partial charge < -0.3 is 15.1 Å². The molecule has 360 valence electrons. The molecule has 0 fully saturated rings. The minimum Gasteiger partial charge on any atom is -0.371 e. The lowest BCUT2D eigenvalue weighted by atomic mass is 10.1. The van der Waals surface area contributed by atoms with Gasteiger partial charge in [0.2, 0.25) is 0 Å². The Morgan fingerprint density at radius 2 is 1.01 bits per heavy atom. The Labute approximate surface area is 450 Å². The summed E-state index contributed by atoms with van der Waals surface area (Å²) in [5, 5.41) is 12.9. The molecule has 0 atom stereocenters. The molecule has 0 aromatic heterocycles. The zero-order valence-electron chi connectivity index (χ0n) is 39.7. The molecule has 0 saturated heterocycles. The van der Waals surface area contributed by atoms with Gasteiger partial charge in [-0.15, -0.1) is 0 Å². The molecule has 0 radical (unpaired) electrons. The van der Waals surface area contributed by atoms with Gasteiger partial charge in [0.1, 0.15) is 0 Å². The first-order valence-electron chi connectivity index (χ1n) is 21.9. The van der Waals surface area contributed by atoms with Crippen molar-refractivity contribution in [1.29, 1.82) is 0 Å². The molecule has 0 unspecified atom stereocenters. The molecule has 0 spiro atoms. The number of nitrogens with one attached hydrogen (secondary N) is 3. The van der Waals surface area contributed by atoms with Crippen LogP contribution in [0.3, 0.4) is 0 Å². The summed E-state index contributed by atoms with van der Waals surface area (Å²) in [6.07, 6.45) is 4.46. The van der Waals surface area contributed by atoms with Crippen LogP contribution in [-0.2, 0) is 6.42 Å². The van der Waals surface area contributed by atoms with Crippen molar-refractivity contribution in [3.63, 3.8) is 0 Å². The molecule has 70 heavy (non-hydrogen) atoms. The number of nitrogens with zero attached hydrogens (tertiary/aromatic N) is 6. The Bertz CT molecular complexity index is 2610. The van der Waals surface area contributed by atoms with Gasteiger partial charge in [-0.25, -0.2) is 0 Å². The summed E-state index contributed by atoms with van der Waals surface area (Å²) in [4.78, 5) is 19.3. The average molecular weight is 1070 g/mol. The number of aliphatic imine (C=N–C) groups is 2. The standard InChI is InChI=1S/C30H26N4S4.C23H29N5S4/c35-27(19-23-11-3-1-4-12-23)22-31-20-24-13-7-9-17-28(24)37-38-29-18-10-8-14-25(29)21-32-34-30(36)33-26-15-5-2-6-16-26;1-16(24-15-22(29)27(3)4)18-11-7-9-13-20(18)31-32-21-14-10-8-12-19(21)17(2)25-26-23(30)28(5)6/h1-18,20-21H,19,22H2,(H2,33,34,36);7-14H,15H2,1-6H3,(H,26,30)/b31-20?,32-21+;24-16?,25-17+. The molecule has 0 amide bonds. The van der Waals surface area contributed by atoms with Crippen LogP contribution in [0.15, 0.2) is 197 Å². The van der Waals surface area contributed by atoms with E-state index < -0.39 is 0 Å². The van der Waals surface area contributed by atoms with E-state index in [1.807, 2.05) is 155 Å². The zero-order valence-corrected chi connectivity index (χ0v) is 46.3. The quantitative estimate of drug-likeness (QED) is 0.0311. The summed E-state index contributed by atoms with van der Waals surface area (Å²) >= 11 is 21.5. The summed E-state index contributed by atoms with van der Waals surface area (Å²) in [6, 6.07) is 52.9. The molecule has 17 heteroatoms. The van der Waals surface area contributed by atoms with Gasteiger partial charge in [0.15, 0.2) is 10.2 Å². The molecular formula is C53H55N9S8. The van der Waals surface area contributed by atoms with Crippen LogP contribution in [0.1, 0.15) is 41.7 Å². The van der Waals surface area contributed by atoms with Crippen LogP contribution in [-0.4, -0.2) is 95.0 Å². The Morgan fingerprint density at radius 3 is 1.59 bits per heavy atom. The highest BCUT2D eigenvalue weighted by atomic mass is 33.1. The molecule has 0 aliphatic carbocycles. The SMILES string of the molecule is CC(=NCC(=S)N(C)C)c1ccccc1SSc1ccccc1/C(C)=N/NC(=S)N(C)C.S=C(CN=Cc1ccccc1SSc1ccccc1/C=N/NC(=S)Nc1ccccc1)Cc1ccccc1. The molecule has 3 N–H and O–H groups in total. The second-order valence-corrected chi connectivity index (χ2v) is 21.7. The third kappa shape index (κ3) is 19.5. The molecule has 0 aliphatic rings. The van der Waals surface area contributed by atoms with Crippen molar-refractivity contribution >= 4 is 142 Å². The third-order valence-corrected chi connectivity index (χ3v) is 16.1. The first kappa shape index (κ1) is 55.7. The number of anilines is 1. The summed E-state index contributed by atoms with van der Waals surface area (Å²) < 4.78 is 0. The van der Waals surface area contributed by atoms with E-state index in [2.05, 4.69) is 92.0 Å². The summed E-state index contributed by atoms with van der Waals surface area (Å²) in [5.41, 5.74) is 14.0. The van der Waals surface area contributed by atoms with Crippen molar-refractivity contribution in [1.82, 2.24) is 20.7 Å². The lowest BCUT2D eigenvalue weighted by molar-refractivity contribution is 0.606. The fourth-order valence-electron chi connectivity index (χ4n) is 5.85. The molecule has 0 heterocycles. The molecule has 9 nitrogen and oxygen atoms in total. The van der Waals surface area contributed by atoms with Crippen LogP contribution >= 0.6 is 92.0 Å². The predicted molar refractivity (Wildman–Crippen MR) is 323 cm³/mol. The van der Waals surface area contributed by atoms with E-state index in [9.17, 15) is 0 Å². The van der Waals surface area contributed by atoms with Gasteiger partial charge in [-0.2, -0.15) is 10.2 Å². The maximum absolute atomic E-state index is 5.54. The summed E-state index contributed by atoms with van der Waals surface area (Å²) in [7, 11) is 14.4. The van der Waals surface area contributed by atoms with Gasteiger partial charge in [0, 0.05) is 98.9 Å². The predicted octanol–water partition coefficient (Wildman–Crippen LogP) is 13.2. The number of thiocarbonyl (C=S) groups is 4. The fraction of sp³-hybridized carbons (Fsp3) is 0.170. The Hall–Kier alpha value is -5.24. The number of hydrogen-bond acceptors (Lipinski definition) is 12. The van der Waals surface area contributed by atoms with E-state index in [4.69, 9.17) is 53.9 Å².